The van der Waals surface area contributed by atoms with Crippen LogP contribution < -0.4 is 19.5 Å². The van der Waals surface area contributed by atoms with E-state index < -0.39 is 5.97 Å². The number of methoxy groups -OCH3 is 4. The first-order valence-electron chi connectivity index (χ1n) is 9.27. The van der Waals surface area contributed by atoms with Crippen LogP contribution in [0.4, 0.5) is 0 Å². The van der Waals surface area contributed by atoms with E-state index >= 15 is 0 Å². The molecule has 154 valence electrons. The number of fused-ring (bicyclic) bond motifs is 3. The zero-order valence-corrected chi connectivity index (χ0v) is 17.3. The van der Waals surface area contributed by atoms with Gasteiger partial charge < -0.3 is 24.3 Å². The predicted molar refractivity (Wildman–Crippen MR) is 108 cm³/mol. The molecule has 1 amide bonds. The van der Waals surface area contributed by atoms with Crippen molar-refractivity contribution >= 4 is 11.9 Å². The molecule has 1 atom stereocenters. The number of carbonyl (C=O) groups is 2. The van der Waals surface area contributed by atoms with Crippen molar-refractivity contribution in [2.45, 2.75) is 25.8 Å². The molecule has 0 radical (unpaired) electrons. The fraction of sp³-hybridized carbons (Fsp3) is 0.364. The third kappa shape index (κ3) is 3.60. The van der Waals surface area contributed by atoms with Crippen LogP contribution in [0.5, 0.6) is 17.2 Å². The van der Waals surface area contributed by atoms with Gasteiger partial charge in [-0.3, -0.25) is 4.79 Å². The number of esters is 1. The van der Waals surface area contributed by atoms with Gasteiger partial charge in [0.1, 0.15) is 0 Å². The fourth-order valence-electron chi connectivity index (χ4n) is 3.95. The molecule has 7 heteroatoms. The number of hydrogen-bond acceptors (Lipinski definition) is 6. The minimum atomic E-state index is -0.465. The topological polar surface area (TPSA) is 83.1 Å². The highest BCUT2D eigenvalue weighted by atomic mass is 16.5. The second-order valence-corrected chi connectivity index (χ2v) is 6.73. The van der Waals surface area contributed by atoms with Crippen molar-refractivity contribution in [3.05, 3.63) is 41.0 Å². The minimum absolute atomic E-state index is 0.141. The van der Waals surface area contributed by atoms with E-state index in [2.05, 4.69) is 5.32 Å². The third-order valence-corrected chi connectivity index (χ3v) is 5.12. The molecule has 0 saturated carbocycles. The van der Waals surface area contributed by atoms with Gasteiger partial charge in [0, 0.05) is 18.1 Å². The fourth-order valence-corrected chi connectivity index (χ4v) is 3.95. The van der Waals surface area contributed by atoms with E-state index in [4.69, 9.17) is 18.9 Å². The van der Waals surface area contributed by atoms with Crippen LogP contribution in [-0.4, -0.2) is 40.3 Å². The van der Waals surface area contributed by atoms with Crippen molar-refractivity contribution in [2.75, 3.05) is 28.4 Å². The lowest BCUT2D eigenvalue weighted by Gasteiger charge is -2.22. The summed E-state index contributed by atoms with van der Waals surface area (Å²) in [6, 6.07) is 7.04. The summed E-state index contributed by atoms with van der Waals surface area (Å²) in [4.78, 5) is 24.4. The van der Waals surface area contributed by atoms with Gasteiger partial charge in [0.05, 0.1) is 40.0 Å². The molecule has 1 aliphatic rings. The molecule has 0 spiro atoms. The van der Waals surface area contributed by atoms with E-state index in [1.165, 1.54) is 21.1 Å². The average molecular weight is 399 g/mol. The zero-order valence-electron chi connectivity index (χ0n) is 17.3. The Bertz CT molecular complexity index is 953. The van der Waals surface area contributed by atoms with Crippen molar-refractivity contribution in [3.63, 3.8) is 0 Å². The number of ether oxygens (including phenoxy) is 4. The smallest absolute Gasteiger partial charge is 0.338 e. The van der Waals surface area contributed by atoms with Gasteiger partial charge in [-0.1, -0.05) is 12.1 Å². The molecule has 29 heavy (non-hydrogen) atoms. The van der Waals surface area contributed by atoms with E-state index in [0.29, 0.717) is 41.2 Å². The monoisotopic (exact) mass is 399 g/mol. The number of amides is 1. The summed E-state index contributed by atoms with van der Waals surface area (Å²) < 4.78 is 21.8. The van der Waals surface area contributed by atoms with Crippen LogP contribution in [0.25, 0.3) is 11.1 Å². The SMILES string of the molecule is COC(=O)c1cccc2c1-c1c(cc(OC)c(OC)c1OC)CC[C@@H]2NC(C)=O. The van der Waals surface area contributed by atoms with E-state index in [0.717, 1.165) is 16.7 Å². The van der Waals surface area contributed by atoms with Gasteiger partial charge >= 0.3 is 5.97 Å². The lowest BCUT2D eigenvalue weighted by molar-refractivity contribution is -0.119. The Morgan fingerprint density at radius 2 is 1.72 bits per heavy atom. The normalized spacial score (nSPS) is 14.7. The molecule has 0 unspecified atom stereocenters. The molecular weight excluding hydrogens is 374 g/mol. The summed E-state index contributed by atoms with van der Waals surface area (Å²) in [7, 11) is 6.00. The molecule has 0 aromatic heterocycles. The van der Waals surface area contributed by atoms with Crippen LogP contribution in [0.2, 0.25) is 0 Å². The Kier molecular flexibility index (Phi) is 5.96. The number of benzene rings is 2. The molecule has 0 aliphatic heterocycles. The second-order valence-electron chi connectivity index (χ2n) is 6.73. The van der Waals surface area contributed by atoms with Crippen LogP contribution in [0.15, 0.2) is 24.3 Å². The molecule has 3 rings (SSSR count). The highest BCUT2D eigenvalue weighted by Gasteiger charge is 2.32. The van der Waals surface area contributed by atoms with Crippen molar-refractivity contribution in [3.8, 4) is 28.4 Å². The summed E-state index contributed by atoms with van der Waals surface area (Å²) in [6.45, 7) is 1.48. The molecule has 1 N–H and O–H groups in total. The summed E-state index contributed by atoms with van der Waals surface area (Å²) in [5, 5.41) is 3.00. The number of nitrogens with one attached hydrogen (secondary N) is 1. The molecular formula is C22H25NO6. The van der Waals surface area contributed by atoms with Gasteiger partial charge in [-0.2, -0.15) is 0 Å². The van der Waals surface area contributed by atoms with E-state index in [-0.39, 0.29) is 11.9 Å². The molecule has 0 fully saturated rings. The Labute approximate surface area is 169 Å². The van der Waals surface area contributed by atoms with Gasteiger partial charge in [-0.05, 0) is 36.1 Å². The summed E-state index contributed by atoms with van der Waals surface area (Å²) in [5.41, 5.74) is 3.57. The number of rotatable bonds is 5. The van der Waals surface area contributed by atoms with Crippen molar-refractivity contribution in [1.29, 1.82) is 0 Å². The maximum Gasteiger partial charge on any atom is 0.338 e. The standard InChI is InChI=1S/C22H25NO6/c1-12(24)23-16-10-9-13-11-17(26-2)20(27-3)21(28-4)18(13)19-14(16)7-6-8-15(19)22(25)29-5/h6-8,11,16H,9-10H2,1-5H3,(H,23,24)/t16-/m0/s1. The van der Waals surface area contributed by atoms with Crippen molar-refractivity contribution < 1.29 is 28.5 Å². The Balaban J connectivity index is 2.42. The van der Waals surface area contributed by atoms with Gasteiger partial charge in [-0.15, -0.1) is 0 Å². The molecule has 0 saturated heterocycles. The number of hydrogen-bond donors (Lipinski definition) is 1. The maximum atomic E-state index is 12.6. The largest absolute Gasteiger partial charge is 0.493 e. The lowest BCUT2D eigenvalue weighted by Crippen LogP contribution is -2.26. The first-order chi connectivity index (χ1) is 14.0. The van der Waals surface area contributed by atoms with Gasteiger partial charge in [0.15, 0.2) is 11.5 Å². The summed E-state index contributed by atoms with van der Waals surface area (Å²) in [5.74, 6) is 0.851. The van der Waals surface area contributed by atoms with Crippen molar-refractivity contribution in [1.82, 2.24) is 5.32 Å². The maximum absolute atomic E-state index is 12.6. The third-order valence-electron chi connectivity index (χ3n) is 5.12. The van der Waals surface area contributed by atoms with Gasteiger partial charge in [0.25, 0.3) is 0 Å². The Morgan fingerprint density at radius 3 is 2.31 bits per heavy atom. The van der Waals surface area contributed by atoms with Crippen LogP contribution >= 0.6 is 0 Å². The predicted octanol–water partition coefficient (Wildman–Crippen LogP) is 3.29. The summed E-state index contributed by atoms with van der Waals surface area (Å²) >= 11 is 0. The quantitative estimate of drug-likeness (QED) is 0.777. The number of carbonyl (C=O) groups excluding carboxylic acids is 2. The lowest BCUT2D eigenvalue weighted by atomic mass is 9.89. The second kappa shape index (κ2) is 8.43. The number of aryl methyl sites for hydroxylation is 1. The molecule has 2 aromatic rings. The zero-order chi connectivity index (χ0) is 21.1. The molecule has 7 nitrogen and oxygen atoms in total. The van der Waals surface area contributed by atoms with Crippen LogP contribution in [-0.2, 0) is 16.0 Å². The van der Waals surface area contributed by atoms with Crippen LogP contribution in [0.1, 0.15) is 40.9 Å². The van der Waals surface area contributed by atoms with E-state index in [1.807, 2.05) is 12.1 Å². The minimum Gasteiger partial charge on any atom is -0.493 e. The van der Waals surface area contributed by atoms with E-state index in [9.17, 15) is 9.59 Å². The van der Waals surface area contributed by atoms with E-state index in [1.54, 1.807) is 26.4 Å². The molecule has 0 bridgehead atoms. The summed E-state index contributed by atoms with van der Waals surface area (Å²) in [6.07, 6.45) is 1.30. The highest BCUT2D eigenvalue weighted by molar-refractivity contribution is 6.01. The molecule has 1 aliphatic carbocycles. The van der Waals surface area contributed by atoms with Crippen LogP contribution in [0, 0.1) is 0 Å². The van der Waals surface area contributed by atoms with Gasteiger partial charge in [0.2, 0.25) is 11.7 Å². The van der Waals surface area contributed by atoms with Crippen LogP contribution in [0.3, 0.4) is 0 Å². The molecule has 0 heterocycles. The molecule has 2 aromatic carbocycles. The Morgan fingerprint density at radius 1 is 1.00 bits per heavy atom. The van der Waals surface area contributed by atoms with Gasteiger partial charge in [-0.25, -0.2) is 4.79 Å². The average Bonchev–Trinajstić information content (AvgIpc) is 2.88. The Hall–Kier alpha value is -3.22. The highest BCUT2D eigenvalue weighted by Crippen LogP contribution is 2.51. The van der Waals surface area contributed by atoms with Crippen molar-refractivity contribution in [2.24, 2.45) is 0 Å². The first-order valence-corrected chi connectivity index (χ1v) is 9.27. The first kappa shape index (κ1) is 20.5.